The number of amides is 2. The van der Waals surface area contributed by atoms with Crippen molar-refractivity contribution < 1.29 is 14.3 Å². The highest BCUT2D eigenvalue weighted by molar-refractivity contribution is 7.99. The first-order valence-corrected chi connectivity index (χ1v) is 16.8. The summed E-state index contributed by atoms with van der Waals surface area (Å²) in [7, 11) is 0. The van der Waals surface area contributed by atoms with Crippen molar-refractivity contribution in [3.8, 4) is 11.5 Å². The molecule has 0 radical (unpaired) electrons. The van der Waals surface area contributed by atoms with Crippen molar-refractivity contribution in [2.24, 2.45) is 0 Å². The van der Waals surface area contributed by atoms with Crippen LogP contribution in [0, 0.1) is 0 Å². The molecule has 232 valence electrons. The second kappa shape index (κ2) is 15.9. The van der Waals surface area contributed by atoms with Crippen LogP contribution in [-0.2, 0) is 22.4 Å². The van der Waals surface area contributed by atoms with Crippen molar-refractivity contribution in [3.63, 3.8) is 0 Å². The number of carbonyl (C=O) groups excluding carboxylic acids is 2. The number of hydrogen-bond acceptors (Lipinski definition) is 5. The molecule has 0 spiro atoms. The van der Waals surface area contributed by atoms with Gasteiger partial charge in [-0.25, -0.2) is 0 Å². The average Bonchev–Trinajstić information content (AvgIpc) is 3.09. The van der Waals surface area contributed by atoms with E-state index in [1.807, 2.05) is 158 Å². The van der Waals surface area contributed by atoms with Crippen LogP contribution in [0.25, 0.3) is 0 Å². The first kappa shape index (κ1) is 31.7. The number of hydrogen-bond donors (Lipinski definition) is 2. The maximum absolute atomic E-state index is 12.3. The van der Waals surface area contributed by atoms with Gasteiger partial charge in [0.05, 0.1) is 12.8 Å². The first-order valence-electron chi connectivity index (χ1n) is 15.2. The van der Waals surface area contributed by atoms with Gasteiger partial charge in [-0.15, -0.1) is 0 Å². The van der Waals surface area contributed by atoms with Crippen LogP contribution in [0.1, 0.15) is 11.1 Å². The molecule has 6 rings (SSSR count). The highest BCUT2D eigenvalue weighted by Crippen LogP contribution is 2.33. The Morgan fingerprint density at radius 2 is 0.745 bits per heavy atom. The Morgan fingerprint density at radius 3 is 1.09 bits per heavy atom. The van der Waals surface area contributed by atoms with Crippen LogP contribution in [0.2, 0.25) is 0 Å². The lowest BCUT2D eigenvalue weighted by Gasteiger charge is -2.09. The van der Waals surface area contributed by atoms with Gasteiger partial charge in [-0.2, -0.15) is 0 Å². The minimum atomic E-state index is -0.0338. The predicted molar refractivity (Wildman–Crippen MR) is 192 cm³/mol. The fourth-order valence-corrected chi connectivity index (χ4v) is 6.38. The van der Waals surface area contributed by atoms with Crippen LogP contribution in [0.4, 0.5) is 11.4 Å². The maximum atomic E-state index is 12.3. The third-order valence-electron chi connectivity index (χ3n) is 7.05. The molecule has 5 nitrogen and oxygen atoms in total. The van der Waals surface area contributed by atoms with Crippen LogP contribution in [0.3, 0.4) is 0 Å². The number of ether oxygens (including phenoxy) is 1. The molecule has 6 aromatic carbocycles. The van der Waals surface area contributed by atoms with Crippen molar-refractivity contribution in [2.75, 3.05) is 10.6 Å². The fraction of sp³-hybridized carbons (Fsp3) is 0.0500. The standard InChI is InChI=1S/C40H32N2O3S2/c43-39(27-29-7-3-1-4-8-29)41-31-11-19-35(20-12-31)46-37-23-15-33(16-24-37)45-34-17-25-38(26-18-34)47-36-21-13-32(14-22-36)42-40(44)28-30-9-5-2-6-10-30/h1-26H,27-28H2,(H,41,43)(H,42,44). The molecule has 0 aromatic heterocycles. The summed E-state index contributed by atoms with van der Waals surface area (Å²) in [6.07, 6.45) is 0.700. The lowest BCUT2D eigenvalue weighted by atomic mass is 10.1. The van der Waals surface area contributed by atoms with Crippen LogP contribution in [0.5, 0.6) is 11.5 Å². The smallest absolute Gasteiger partial charge is 0.228 e. The maximum Gasteiger partial charge on any atom is 0.228 e. The molecular weight excluding hydrogens is 621 g/mol. The molecule has 0 heterocycles. The van der Waals surface area contributed by atoms with Crippen LogP contribution in [-0.4, -0.2) is 11.8 Å². The van der Waals surface area contributed by atoms with Gasteiger partial charge in [0, 0.05) is 31.0 Å². The molecule has 0 aliphatic carbocycles. The van der Waals surface area contributed by atoms with Crippen LogP contribution >= 0.6 is 23.5 Å². The van der Waals surface area contributed by atoms with E-state index in [4.69, 9.17) is 4.74 Å². The zero-order chi connectivity index (χ0) is 32.3. The van der Waals surface area contributed by atoms with Gasteiger partial charge in [0.15, 0.2) is 0 Å². The van der Waals surface area contributed by atoms with Crippen molar-refractivity contribution in [1.82, 2.24) is 0 Å². The summed E-state index contributed by atoms with van der Waals surface area (Å²) < 4.78 is 6.08. The molecule has 0 aliphatic rings. The van der Waals surface area contributed by atoms with Crippen molar-refractivity contribution in [3.05, 3.63) is 169 Å². The van der Waals surface area contributed by atoms with E-state index in [9.17, 15) is 9.59 Å². The van der Waals surface area contributed by atoms with E-state index >= 15 is 0 Å². The molecule has 0 saturated carbocycles. The van der Waals surface area contributed by atoms with Gasteiger partial charge in [0.2, 0.25) is 11.8 Å². The third kappa shape index (κ3) is 9.87. The summed E-state index contributed by atoms with van der Waals surface area (Å²) in [5.74, 6) is 1.45. The van der Waals surface area contributed by atoms with Crippen molar-refractivity contribution in [2.45, 2.75) is 32.4 Å². The summed E-state index contributed by atoms with van der Waals surface area (Å²) in [5, 5.41) is 5.93. The number of anilines is 2. The Bertz CT molecular complexity index is 1750. The average molecular weight is 653 g/mol. The van der Waals surface area contributed by atoms with Gasteiger partial charge < -0.3 is 15.4 Å². The van der Waals surface area contributed by atoms with E-state index in [1.54, 1.807) is 23.5 Å². The monoisotopic (exact) mass is 652 g/mol. The van der Waals surface area contributed by atoms with Crippen molar-refractivity contribution >= 4 is 46.7 Å². The third-order valence-corrected chi connectivity index (χ3v) is 9.08. The number of nitrogens with one attached hydrogen (secondary N) is 2. The largest absolute Gasteiger partial charge is 0.457 e. The molecule has 2 amide bonds. The molecule has 47 heavy (non-hydrogen) atoms. The van der Waals surface area contributed by atoms with Gasteiger partial charge in [-0.05, 0) is 108 Å². The number of benzene rings is 6. The summed E-state index contributed by atoms with van der Waals surface area (Å²) in [6.45, 7) is 0. The normalized spacial score (nSPS) is 10.6. The number of rotatable bonds is 12. The second-order valence-corrected chi connectivity index (χ2v) is 13.0. The molecule has 6 aromatic rings. The Hall–Kier alpha value is -5.24. The molecule has 0 fully saturated rings. The Morgan fingerprint density at radius 1 is 0.426 bits per heavy atom. The van der Waals surface area contributed by atoms with Gasteiger partial charge in [-0.1, -0.05) is 84.2 Å². The minimum Gasteiger partial charge on any atom is -0.457 e. The molecular formula is C40H32N2O3S2. The molecule has 7 heteroatoms. The minimum absolute atomic E-state index is 0.0338. The van der Waals surface area contributed by atoms with E-state index in [1.165, 1.54) is 0 Å². The predicted octanol–water partition coefficient (Wildman–Crippen LogP) is 10.1. The SMILES string of the molecule is O=C(Cc1ccccc1)Nc1ccc(Sc2ccc(Oc3ccc(Sc4ccc(NC(=O)Cc5ccccc5)cc4)cc3)cc2)cc1. The zero-order valence-electron chi connectivity index (χ0n) is 25.5. The van der Waals surface area contributed by atoms with Gasteiger partial charge in [0.25, 0.3) is 0 Å². The van der Waals surface area contributed by atoms with Crippen LogP contribution < -0.4 is 15.4 Å². The summed E-state index contributed by atoms with van der Waals surface area (Å²) in [6, 6.07) is 51.1. The summed E-state index contributed by atoms with van der Waals surface area (Å²) in [5.41, 5.74) is 3.53. The van der Waals surface area contributed by atoms with E-state index in [0.717, 1.165) is 53.6 Å². The molecule has 0 unspecified atom stereocenters. The van der Waals surface area contributed by atoms with E-state index < -0.39 is 0 Å². The zero-order valence-corrected chi connectivity index (χ0v) is 27.1. The van der Waals surface area contributed by atoms with Gasteiger partial charge >= 0.3 is 0 Å². The molecule has 2 N–H and O–H groups in total. The lowest BCUT2D eigenvalue weighted by Crippen LogP contribution is -2.14. The highest BCUT2D eigenvalue weighted by atomic mass is 32.2. The molecule has 0 bridgehead atoms. The van der Waals surface area contributed by atoms with E-state index in [0.29, 0.717) is 12.8 Å². The molecule has 0 aliphatic heterocycles. The molecule has 0 saturated heterocycles. The van der Waals surface area contributed by atoms with E-state index in [2.05, 4.69) is 10.6 Å². The Balaban J connectivity index is 0.951. The summed E-state index contributed by atoms with van der Waals surface area (Å²) in [4.78, 5) is 29.0. The first-order chi connectivity index (χ1) is 23.0. The second-order valence-electron chi connectivity index (χ2n) is 10.7. The Labute approximate surface area is 283 Å². The van der Waals surface area contributed by atoms with Gasteiger partial charge in [0.1, 0.15) is 11.5 Å². The molecule has 0 atom stereocenters. The van der Waals surface area contributed by atoms with E-state index in [-0.39, 0.29) is 11.8 Å². The quantitative estimate of drug-likeness (QED) is 0.138. The number of carbonyl (C=O) groups is 2. The van der Waals surface area contributed by atoms with Crippen molar-refractivity contribution in [1.29, 1.82) is 0 Å². The fourth-order valence-electron chi connectivity index (χ4n) is 4.75. The Kier molecular flexibility index (Phi) is 10.7. The summed E-state index contributed by atoms with van der Waals surface area (Å²) >= 11 is 3.30. The lowest BCUT2D eigenvalue weighted by molar-refractivity contribution is -0.116. The van der Waals surface area contributed by atoms with Gasteiger partial charge in [-0.3, -0.25) is 9.59 Å². The van der Waals surface area contributed by atoms with Crippen LogP contribution in [0.15, 0.2) is 177 Å². The topological polar surface area (TPSA) is 67.4 Å². The highest BCUT2D eigenvalue weighted by Gasteiger charge is 2.07.